The van der Waals surface area contributed by atoms with Crippen molar-refractivity contribution in [2.45, 2.75) is 19.9 Å². The lowest BCUT2D eigenvalue weighted by Gasteiger charge is -2.20. The zero-order valence-electron chi connectivity index (χ0n) is 16.5. The highest BCUT2D eigenvalue weighted by Gasteiger charge is 2.17. The molecule has 2 N–H and O–H groups in total. The van der Waals surface area contributed by atoms with Gasteiger partial charge in [0.05, 0.1) is 17.3 Å². The summed E-state index contributed by atoms with van der Waals surface area (Å²) in [5.41, 5.74) is 4.08. The molecule has 150 valence electrons. The Morgan fingerprint density at radius 3 is 2.60 bits per heavy atom. The van der Waals surface area contributed by atoms with Crippen LogP contribution in [0, 0.1) is 6.92 Å². The average molecular weight is 400 g/mol. The third-order valence-corrected chi connectivity index (χ3v) is 4.90. The van der Waals surface area contributed by atoms with Crippen molar-refractivity contribution >= 4 is 17.3 Å². The molecule has 3 heterocycles. The molecule has 30 heavy (non-hydrogen) atoms. The van der Waals surface area contributed by atoms with Gasteiger partial charge in [-0.15, -0.1) is 0 Å². The number of para-hydroxylation sites is 1. The van der Waals surface area contributed by atoms with Gasteiger partial charge in [0.15, 0.2) is 0 Å². The van der Waals surface area contributed by atoms with Crippen LogP contribution in [0.4, 0.5) is 5.69 Å². The monoisotopic (exact) mass is 400 g/mol. The number of anilines is 1. The molecule has 7 heteroatoms. The molecule has 0 spiro atoms. The van der Waals surface area contributed by atoms with Crippen LogP contribution in [0.15, 0.2) is 71.9 Å². The molecule has 0 aliphatic carbocycles. The standard InChI is InChI=1S/C23H20N4O3/c1-14-11-18(15(2)25-19-6-4-3-5-17(19)23(29)30)22-26-20(12-21(28)27(22)13-14)16-7-9-24-10-8-16/h3-13,15,25H,1-2H3,(H,29,30)/t15-/m1/s1. The summed E-state index contributed by atoms with van der Waals surface area (Å²) >= 11 is 0. The number of carboxylic acid groups (broad SMARTS) is 1. The number of hydrogen-bond donors (Lipinski definition) is 2. The lowest BCUT2D eigenvalue weighted by atomic mass is 10.1. The van der Waals surface area contributed by atoms with Crippen LogP contribution in [0.3, 0.4) is 0 Å². The number of nitrogens with one attached hydrogen (secondary N) is 1. The highest BCUT2D eigenvalue weighted by atomic mass is 16.4. The maximum absolute atomic E-state index is 12.8. The number of pyridine rings is 2. The highest BCUT2D eigenvalue weighted by Crippen LogP contribution is 2.26. The van der Waals surface area contributed by atoms with E-state index in [-0.39, 0.29) is 17.2 Å². The first kappa shape index (κ1) is 19.3. The number of hydrogen-bond acceptors (Lipinski definition) is 5. The molecular weight excluding hydrogens is 380 g/mol. The fraction of sp³-hybridized carbons (Fsp3) is 0.130. The maximum atomic E-state index is 12.8. The van der Waals surface area contributed by atoms with Crippen LogP contribution in [0.1, 0.15) is 34.5 Å². The summed E-state index contributed by atoms with van der Waals surface area (Å²) < 4.78 is 1.52. The van der Waals surface area contributed by atoms with Crippen molar-refractivity contribution in [3.05, 3.63) is 94.2 Å². The van der Waals surface area contributed by atoms with Crippen LogP contribution in [0.5, 0.6) is 0 Å². The van der Waals surface area contributed by atoms with Gasteiger partial charge in [0, 0.05) is 41.5 Å². The number of carboxylic acids is 1. The Morgan fingerprint density at radius 1 is 1.13 bits per heavy atom. The fourth-order valence-corrected chi connectivity index (χ4v) is 3.47. The number of rotatable bonds is 5. The van der Waals surface area contributed by atoms with Gasteiger partial charge in [-0.1, -0.05) is 12.1 Å². The van der Waals surface area contributed by atoms with Gasteiger partial charge in [0.2, 0.25) is 0 Å². The van der Waals surface area contributed by atoms with Gasteiger partial charge in [0.25, 0.3) is 5.56 Å². The first-order valence-electron chi connectivity index (χ1n) is 9.47. The van der Waals surface area contributed by atoms with E-state index in [9.17, 15) is 14.7 Å². The maximum Gasteiger partial charge on any atom is 0.337 e. The van der Waals surface area contributed by atoms with Gasteiger partial charge in [0.1, 0.15) is 5.65 Å². The predicted molar refractivity (Wildman–Crippen MR) is 115 cm³/mol. The zero-order chi connectivity index (χ0) is 21.3. The Morgan fingerprint density at radius 2 is 1.87 bits per heavy atom. The second-order valence-corrected chi connectivity index (χ2v) is 7.10. The van der Waals surface area contributed by atoms with E-state index < -0.39 is 5.97 Å². The molecule has 0 saturated heterocycles. The smallest absolute Gasteiger partial charge is 0.337 e. The molecule has 0 saturated carbocycles. The molecule has 0 fully saturated rings. The molecule has 0 bridgehead atoms. The summed E-state index contributed by atoms with van der Waals surface area (Å²) in [6.07, 6.45) is 5.06. The lowest BCUT2D eigenvalue weighted by molar-refractivity contribution is 0.0698. The van der Waals surface area contributed by atoms with Crippen LogP contribution in [0.25, 0.3) is 16.9 Å². The van der Waals surface area contributed by atoms with E-state index in [1.54, 1.807) is 55.0 Å². The van der Waals surface area contributed by atoms with Crippen LogP contribution in [-0.2, 0) is 0 Å². The Hall–Kier alpha value is -4.00. The number of carbonyl (C=O) groups is 1. The molecule has 3 aromatic heterocycles. The fourth-order valence-electron chi connectivity index (χ4n) is 3.47. The molecule has 7 nitrogen and oxygen atoms in total. The minimum atomic E-state index is -1.01. The summed E-state index contributed by atoms with van der Waals surface area (Å²) in [4.78, 5) is 33.1. The van der Waals surface area contributed by atoms with Crippen molar-refractivity contribution in [2.24, 2.45) is 0 Å². The van der Waals surface area contributed by atoms with Gasteiger partial charge in [-0.3, -0.25) is 14.2 Å². The van der Waals surface area contributed by atoms with Crippen LogP contribution in [0.2, 0.25) is 0 Å². The number of aromatic carboxylic acids is 1. The molecular formula is C23H20N4O3. The first-order chi connectivity index (χ1) is 14.4. The van der Waals surface area contributed by atoms with E-state index in [0.717, 1.165) is 16.7 Å². The Kier molecular flexibility index (Phi) is 5.02. The Labute approximate surface area is 172 Å². The van der Waals surface area contributed by atoms with Crippen molar-refractivity contribution in [3.8, 4) is 11.3 Å². The second-order valence-electron chi connectivity index (χ2n) is 7.10. The molecule has 0 aliphatic rings. The topological polar surface area (TPSA) is 96.6 Å². The number of benzene rings is 1. The van der Waals surface area contributed by atoms with Gasteiger partial charge >= 0.3 is 5.97 Å². The van der Waals surface area contributed by atoms with E-state index in [1.165, 1.54) is 10.5 Å². The lowest BCUT2D eigenvalue weighted by Crippen LogP contribution is -2.19. The third-order valence-electron chi connectivity index (χ3n) is 4.90. The van der Waals surface area contributed by atoms with E-state index >= 15 is 0 Å². The minimum absolute atomic E-state index is 0.184. The van der Waals surface area contributed by atoms with E-state index in [1.807, 2.05) is 19.9 Å². The van der Waals surface area contributed by atoms with Crippen LogP contribution in [-0.4, -0.2) is 25.4 Å². The summed E-state index contributed by atoms with van der Waals surface area (Å²) in [6.45, 7) is 3.82. The normalized spacial score (nSPS) is 11.9. The molecule has 0 aliphatic heterocycles. The van der Waals surface area contributed by atoms with Crippen molar-refractivity contribution in [3.63, 3.8) is 0 Å². The minimum Gasteiger partial charge on any atom is -0.478 e. The molecule has 0 unspecified atom stereocenters. The Bertz CT molecular complexity index is 1300. The van der Waals surface area contributed by atoms with Crippen molar-refractivity contribution in [1.82, 2.24) is 14.4 Å². The van der Waals surface area contributed by atoms with Gasteiger partial charge < -0.3 is 10.4 Å². The summed E-state index contributed by atoms with van der Waals surface area (Å²) in [6, 6.07) is 13.5. The van der Waals surface area contributed by atoms with E-state index in [4.69, 9.17) is 4.98 Å². The van der Waals surface area contributed by atoms with Gasteiger partial charge in [-0.2, -0.15) is 0 Å². The van der Waals surface area contributed by atoms with Crippen LogP contribution < -0.4 is 10.9 Å². The molecule has 0 amide bonds. The zero-order valence-corrected chi connectivity index (χ0v) is 16.5. The van der Waals surface area contributed by atoms with E-state index in [2.05, 4.69) is 10.3 Å². The molecule has 1 atom stereocenters. The summed E-state index contributed by atoms with van der Waals surface area (Å²) in [7, 11) is 0. The summed E-state index contributed by atoms with van der Waals surface area (Å²) in [5, 5.41) is 12.7. The average Bonchev–Trinajstić information content (AvgIpc) is 2.74. The van der Waals surface area contributed by atoms with Crippen molar-refractivity contribution < 1.29 is 9.90 Å². The quantitative estimate of drug-likeness (QED) is 0.527. The number of nitrogens with zero attached hydrogens (tertiary/aromatic N) is 3. The van der Waals surface area contributed by atoms with Crippen molar-refractivity contribution in [1.29, 1.82) is 0 Å². The van der Waals surface area contributed by atoms with Crippen molar-refractivity contribution in [2.75, 3.05) is 5.32 Å². The SMILES string of the molecule is Cc1cc([C@@H](C)Nc2ccccc2C(=O)O)c2nc(-c3ccncc3)cc(=O)n2c1. The first-order valence-corrected chi connectivity index (χ1v) is 9.47. The van der Waals surface area contributed by atoms with Gasteiger partial charge in [-0.25, -0.2) is 9.78 Å². The highest BCUT2D eigenvalue weighted by molar-refractivity contribution is 5.94. The van der Waals surface area contributed by atoms with E-state index in [0.29, 0.717) is 17.0 Å². The largest absolute Gasteiger partial charge is 0.478 e. The molecule has 0 radical (unpaired) electrons. The number of fused-ring (bicyclic) bond motifs is 1. The van der Waals surface area contributed by atoms with Gasteiger partial charge in [-0.05, 0) is 49.7 Å². The summed E-state index contributed by atoms with van der Waals surface area (Å²) in [5.74, 6) is -1.01. The third kappa shape index (κ3) is 3.65. The molecule has 4 aromatic rings. The molecule has 1 aromatic carbocycles. The number of aryl methyl sites for hydroxylation is 1. The van der Waals surface area contributed by atoms with Crippen LogP contribution >= 0.6 is 0 Å². The second kappa shape index (κ2) is 7.79. The number of aromatic nitrogens is 3. The predicted octanol–water partition coefficient (Wildman–Crippen LogP) is 3.94. The Balaban J connectivity index is 1.85. The molecule has 4 rings (SSSR count).